The molecule has 1 unspecified atom stereocenters. The van der Waals surface area contributed by atoms with Crippen LogP contribution < -0.4 is 10.1 Å². The summed E-state index contributed by atoms with van der Waals surface area (Å²) in [5.41, 5.74) is 2.16. The molecule has 1 atom stereocenters. The second-order valence-electron chi connectivity index (χ2n) is 5.71. The minimum Gasteiger partial charge on any atom is -0.495 e. The Bertz CT molecular complexity index is 946. The quantitative estimate of drug-likeness (QED) is 0.566. The van der Waals surface area contributed by atoms with Crippen LogP contribution in [0.15, 0.2) is 53.8 Å². The van der Waals surface area contributed by atoms with E-state index in [1.165, 1.54) is 31.0 Å². The zero-order valence-corrected chi connectivity index (χ0v) is 16.2. The number of rotatable bonds is 6. The summed E-state index contributed by atoms with van der Waals surface area (Å²) in [6.45, 7) is 1.78. The second kappa shape index (κ2) is 8.45. The van der Waals surface area contributed by atoms with Crippen LogP contribution in [0, 0.1) is 5.82 Å². The van der Waals surface area contributed by atoms with E-state index in [1.807, 2.05) is 0 Å². The average Bonchev–Trinajstić information content (AvgIpc) is 3.11. The van der Waals surface area contributed by atoms with E-state index in [-0.39, 0.29) is 11.7 Å². The Morgan fingerprint density at radius 3 is 2.70 bits per heavy atom. The number of benzene rings is 2. The monoisotopic (exact) mass is 405 g/mol. The maximum absolute atomic E-state index is 13.0. The number of ether oxygens (including phenoxy) is 1. The lowest BCUT2D eigenvalue weighted by Gasteiger charge is -2.12. The smallest absolute Gasteiger partial charge is 0.237 e. The lowest BCUT2D eigenvalue weighted by Crippen LogP contribution is -2.22. The lowest BCUT2D eigenvalue weighted by atomic mass is 10.2. The highest BCUT2D eigenvalue weighted by atomic mass is 35.5. The Labute approximate surface area is 165 Å². The summed E-state index contributed by atoms with van der Waals surface area (Å²) in [7, 11) is 1.53. The number of carbonyl (C=O) groups excluding carboxylic acids is 1. The minimum atomic E-state index is -0.391. The Morgan fingerprint density at radius 2 is 2.04 bits per heavy atom. The van der Waals surface area contributed by atoms with Gasteiger partial charge >= 0.3 is 0 Å². The molecule has 0 saturated heterocycles. The molecule has 1 heterocycles. The standard InChI is InChI=1S/C19H17ClFN3O2S/c1-11(18(25)23-14-7-8-17(26-2)15(20)9-14)27-19-22-10-16(24-19)12-3-5-13(21)6-4-12/h3-11H,1-2H3,(H,22,24)(H,23,25). The van der Waals surface area contributed by atoms with Crippen molar-refractivity contribution >= 4 is 35.0 Å². The van der Waals surface area contributed by atoms with E-state index in [9.17, 15) is 9.18 Å². The van der Waals surface area contributed by atoms with Gasteiger partial charge in [-0.15, -0.1) is 0 Å². The van der Waals surface area contributed by atoms with E-state index >= 15 is 0 Å². The summed E-state index contributed by atoms with van der Waals surface area (Å²) in [5, 5.41) is 3.45. The van der Waals surface area contributed by atoms with Gasteiger partial charge in [-0.2, -0.15) is 0 Å². The van der Waals surface area contributed by atoms with E-state index in [1.54, 1.807) is 43.5 Å². The van der Waals surface area contributed by atoms with Crippen LogP contribution in [0.4, 0.5) is 10.1 Å². The summed E-state index contributed by atoms with van der Waals surface area (Å²) in [4.78, 5) is 19.8. The van der Waals surface area contributed by atoms with Crippen LogP contribution in [-0.4, -0.2) is 28.2 Å². The van der Waals surface area contributed by atoms with Crippen molar-refractivity contribution in [1.29, 1.82) is 0 Å². The molecule has 5 nitrogen and oxygen atoms in total. The molecule has 3 aromatic rings. The number of thioether (sulfide) groups is 1. The second-order valence-corrected chi connectivity index (χ2v) is 7.44. The molecule has 0 bridgehead atoms. The predicted octanol–water partition coefficient (Wildman–Crippen LogP) is 5.00. The first-order chi connectivity index (χ1) is 13.0. The molecular formula is C19H17ClFN3O2S. The van der Waals surface area contributed by atoms with Gasteiger partial charge in [0.2, 0.25) is 5.91 Å². The van der Waals surface area contributed by atoms with Gasteiger partial charge in [0, 0.05) is 5.69 Å². The van der Waals surface area contributed by atoms with Crippen molar-refractivity contribution in [3.63, 3.8) is 0 Å². The molecule has 0 saturated carbocycles. The predicted molar refractivity (Wildman–Crippen MR) is 106 cm³/mol. The molecule has 27 heavy (non-hydrogen) atoms. The average molecular weight is 406 g/mol. The third kappa shape index (κ3) is 4.81. The van der Waals surface area contributed by atoms with E-state index in [0.717, 1.165) is 11.3 Å². The fraction of sp³-hybridized carbons (Fsp3) is 0.158. The molecular weight excluding hydrogens is 389 g/mol. The maximum atomic E-state index is 13.0. The summed E-state index contributed by atoms with van der Waals surface area (Å²) < 4.78 is 18.1. The van der Waals surface area contributed by atoms with Gasteiger partial charge in [-0.3, -0.25) is 4.79 Å². The molecule has 1 aromatic heterocycles. The highest BCUT2D eigenvalue weighted by Crippen LogP contribution is 2.29. The molecule has 0 spiro atoms. The number of methoxy groups -OCH3 is 1. The van der Waals surface area contributed by atoms with Gasteiger partial charge in [0.15, 0.2) is 5.16 Å². The first kappa shape index (κ1) is 19.3. The Morgan fingerprint density at radius 1 is 1.30 bits per heavy atom. The van der Waals surface area contributed by atoms with Crippen LogP contribution in [-0.2, 0) is 4.79 Å². The van der Waals surface area contributed by atoms with Crippen molar-refractivity contribution in [3.8, 4) is 17.0 Å². The number of halogens is 2. The first-order valence-corrected chi connectivity index (χ1v) is 9.34. The highest BCUT2D eigenvalue weighted by Gasteiger charge is 2.17. The number of aromatic nitrogens is 2. The molecule has 8 heteroatoms. The van der Waals surface area contributed by atoms with Gasteiger partial charge in [0.1, 0.15) is 11.6 Å². The van der Waals surface area contributed by atoms with Crippen molar-refractivity contribution in [2.24, 2.45) is 0 Å². The van der Waals surface area contributed by atoms with Crippen LogP contribution in [0.5, 0.6) is 5.75 Å². The fourth-order valence-corrected chi connectivity index (χ4v) is 3.39. The maximum Gasteiger partial charge on any atom is 0.237 e. The number of aromatic amines is 1. The zero-order chi connectivity index (χ0) is 19.4. The van der Waals surface area contributed by atoms with Crippen LogP contribution in [0.3, 0.4) is 0 Å². The minimum absolute atomic E-state index is 0.180. The Kier molecular flexibility index (Phi) is 6.03. The highest BCUT2D eigenvalue weighted by molar-refractivity contribution is 8.00. The van der Waals surface area contributed by atoms with Gasteiger partial charge in [-0.05, 0) is 55.0 Å². The Balaban J connectivity index is 1.63. The molecule has 0 aliphatic rings. The number of nitrogens with one attached hydrogen (secondary N) is 2. The van der Waals surface area contributed by atoms with Gasteiger partial charge in [-0.1, -0.05) is 23.4 Å². The number of anilines is 1. The number of hydrogen-bond acceptors (Lipinski definition) is 4. The van der Waals surface area contributed by atoms with E-state index < -0.39 is 5.25 Å². The zero-order valence-electron chi connectivity index (χ0n) is 14.6. The Hall–Kier alpha value is -2.51. The molecule has 0 aliphatic carbocycles. The largest absolute Gasteiger partial charge is 0.495 e. The fourth-order valence-electron chi connectivity index (χ4n) is 2.35. The third-order valence-corrected chi connectivity index (χ3v) is 5.08. The van der Waals surface area contributed by atoms with Gasteiger partial charge in [0.25, 0.3) is 0 Å². The van der Waals surface area contributed by atoms with Crippen LogP contribution in [0.2, 0.25) is 5.02 Å². The number of amides is 1. The number of imidazole rings is 1. The molecule has 0 radical (unpaired) electrons. The number of hydrogen-bond donors (Lipinski definition) is 2. The molecule has 140 valence electrons. The van der Waals surface area contributed by atoms with Crippen molar-refractivity contribution in [2.75, 3.05) is 12.4 Å². The molecule has 2 aromatic carbocycles. The normalized spacial score (nSPS) is 11.9. The third-order valence-electron chi connectivity index (χ3n) is 3.78. The van der Waals surface area contributed by atoms with Gasteiger partial charge in [0.05, 0.1) is 29.3 Å². The van der Waals surface area contributed by atoms with Crippen LogP contribution >= 0.6 is 23.4 Å². The lowest BCUT2D eigenvalue weighted by molar-refractivity contribution is -0.115. The van der Waals surface area contributed by atoms with Crippen molar-refractivity contribution in [3.05, 3.63) is 59.5 Å². The first-order valence-electron chi connectivity index (χ1n) is 8.08. The summed E-state index contributed by atoms with van der Waals surface area (Å²) in [5.74, 6) is 0.0683. The van der Waals surface area contributed by atoms with E-state index in [4.69, 9.17) is 16.3 Å². The summed E-state index contributed by atoms with van der Waals surface area (Å²) in [6, 6.07) is 11.2. The van der Waals surface area contributed by atoms with Gasteiger partial charge in [-0.25, -0.2) is 9.37 Å². The number of H-pyrrole nitrogens is 1. The molecule has 2 N–H and O–H groups in total. The van der Waals surface area contributed by atoms with Crippen molar-refractivity contribution in [2.45, 2.75) is 17.3 Å². The molecule has 3 rings (SSSR count). The van der Waals surface area contributed by atoms with Crippen LogP contribution in [0.1, 0.15) is 6.92 Å². The van der Waals surface area contributed by atoms with E-state index in [0.29, 0.717) is 21.6 Å². The molecule has 1 amide bonds. The summed E-state index contributed by atoms with van der Waals surface area (Å²) in [6.07, 6.45) is 1.66. The van der Waals surface area contributed by atoms with Crippen molar-refractivity contribution < 1.29 is 13.9 Å². The molecule has 0 aliphatic heterocycles. The number of carbonyl (C=O) groups is 1. The van der Waals surface area contributed by atoms with Crippen molar-refractivity contribution in [1.82, 2.24) is 9.97 Å². The number of nitrogens with zero attached hydrogens (tertiary/aromatic N) is 1. The molecule has 0 fully saturated rings. The SMILES string of the molecule is COc1ccc(NC(=O)C(C)Sc2ncc(-c3ccc(F)cc3)[nH]2)cc1Cl. The van der Waals surface area contributed by atoms with E-state index in [2.05, 4.69) is 15.3 Å². The summed E-state index contributed by atoms with van der Waals surface area (Å²) >= 11 is 7.36. The van der Waals surface area contributed by atoms with Gasteiger partial charge < -0.3 is 15.0 Å². The van der Waals surface area contributed by atoms with Crippen LogP contribution in [0.25, 0.3) is 11.3 Å². The topological polar surface area (TPSA) is 67.0 Å².